The van der Waals surface area contributed by atoms with Crippen LogP contribution in [0.25, 0.3) is 10.6 Å². The van der Waals surface area contributed by atoms with E-state index in [9.17, 15) is 9.59 Å². The molecule has 0 saturated heterocycles. The highest BCUT2D eigenvalue weighted by atomic mass is 32.1. The highest BCUT2D eigenvalue weighted by molar-refractivity contribution is 7.14. The molecule has 1 aromatic carbocycles. The van der Waals surface area contributed by atoms with Gasteiger partial charge < -0.3 is 9.47 Å². The minimum atomic E-state index is -0.148. The van der Waals surface area contributed by atoms with Crippen molar-refractivity contribution < 1.29 is 4.79 Å². The third kappa shape index (κ3) is 3.58. The first kappa shape index (κ1) is 20.5. The molecule has 156 valence electrons. The summed E-state index contributed by atoms with van der Waals surface area (Å²) in [6.45, 7) is 10.5. The summed E-state index contributed by atoms with van der Waals surface area (Å²) in [6.07, 6.45) is 2.47. The van der Waals surface area contributed by atoms with Crippen LogP contribution in [0.4, 0.5) is 0 Å². The fraction of sp³-hybridized carbons (Fsp3) is 0.391. The van der Waals surface area contributed by atoms with E-state index in [4.69, 9.17) is 0 Å². The Kier molecular flexibility index (Phi) is 5.32. The van der Waals surface area contributed by atoms with Crippen LogP contribution in [0.2, 0.25) is 0 Å². The Labute approximate surface area is 180 Å². The summed E-state index contributed by atoms with van der Waals surface area (Å²) in [5.74, 6) is -0.0819. The number of carbonyl (C=O) groups is 1. The quantitative estimate of drug-likeness (QED) is 0.637. The standard InChI is InChI=1S/C23H26N4O2S/c1-13(2)26-11-15(4)27-12-18(21(28)16(5)20(27)23(26)29)22-25-24-19(30-22)10-17-8-6-14(3)7-9-17/h6-9,12-13,15H,10-11H2,1-5H3. The Morgan fingerprint density at radius 1 is 1.13 bits per heavy atom. The van der Waals surface area contributed by atoms with Crippen molar-refractivity contribution in [3.05, 3.63) is 68.1 Å². The zero-order valence-corrected chi connectivity index (χ0v) is 18.8. The van der Waals surface area contributed by atoms with E-state index in [1.165, 1.54) is 16.9 Å². The van der Waals surface area contributed by atoms with Crippen molar-refractivity contribution in [2.75, 3.05) is 6.54 Å². The largest absolute Gasteiger partial charge is 0.338 e. The van der Waals surface area contributed by atoms with Gasteiger partial charge in [-0.05, 0) is 40.2 Å². The van der Waals surface area contributed by atoms with Crippen molar-refractivity contribution in [1.29, 1.82) is 0 Å². The number of aromatic nitrogens is 3. The average Bonchev–Trinajstić information content (AvgIpc) is 3.16. The van der Waals surface area contributed by atoms with Gasteiger partial charge in [-0.3, -0.25) is 9.59 Å². The van der Waals surface area contributed by atoms with E-state index >= 15 is 0 Å². The first-order chi connectivity index (χ1) is 14.3. The van der Waals surface area contributed by atoms with E-state index in [1.807, 2.05) is 23.3 Å². The molecular formula is C23H26N4O2S. The van der Waals surface area contributed by atoms with Gasteiger partial charge in [0.2, 0.25) is 0 Å². The SMILES string of the molecule is Cc1ccc(Cc2nnc(-c3cn4c(c(C)c3=O)C(=O)N(C(C)C)CC4C)s2)cc1. The fourth-order valence-electron chi connectivity index (χ4n) is 3.89. The number of amides is 1. The van der Waals surface area contributed by atoms with E-state index in [0.29, 0.717) is 34.8 Å². The molecule has 0 bridgehead atoms. The van der Waals surface area contributed by atoms with Crippen molar-refractivity contribution in [1.82, 2.24) is 19.7 Å². The molecule has 2 aromatic heterocycles. The molecule has 6 nitrogen and oxygen atoms in total. The summed E-state index contributed by atoms with van der Waals surface area (Å²) in [5.41, 5.74) is 3.71. The minimum Gasteiger partial charge on any atom is -0.338 e. The summed E-state index contributed by atoms with van der Waals surface area (Å²) < 4.78 is 1.94. The maximum absolute atomic E-state index is 13.1. The molecule has 0 radical (unpaired) electrons. The van der Waals surface area contributed by atoms with Gasteiger partial charge >= 0.3 is 0 Å². The van der Waals surface area contributed by atoms with Crippen molar-refractivity contribution in [2.24, 2.45) is 0 Å². The van der Waals surface area contributed by atoms with Gasteiger partial charge in [-0.1, -0.05) is 41.2 Å². The number of fused-ring (bicyclic) bond motifs is 1. The maximum Gasteiger partial charge on any atom is 0.271 e. The first-order valence-corrected chi connectivity index (χ1v) is 11.0. The van der Waals surface area contributed by atoms with Gasteiger partial charge in [0, 0.05) is 36.8 Å². The van der Waals surface area contributed by atoms with Crippen LogP contribution in [0, 0.1) is 13.8 Å². The molecule has 0 saturated carbocycles. The van der Waals surface area contributed by atoms with Crippen LogP contribution in [0.1, 0.15) is 59.0 Å². The molecule has 1 amide bonds. The average molecular weight is 423 g/mol. The summed E-state index contributed by atoms with van der Waals surface area (Å²) in [6, 6.07) is 8.50. The molecule has 0 fully saturated rings. The number of hydrogen-bond acceptors (Lipinski definition) is 5. The lowest BCUT2D eigenvalue weighted by molar-refractivity contribution is 0.0612. The molecule has 3 aromatic rings. The van der Waals surface area contributed by atoms with E-state index in [2.05, 4.69) is 48.3 Å². The second-order valence-electron chi connectivity index (χ2n) is 8.32. The van der Waals surface area contributed by atoms with E-state index < -0.39 is 0 Å². The molecule has 30 heavy (non-hydrogen) atoms. The van der Waals surface area contributed by atoms with Gasteiger partial charge in [0.1, 0.15) is 10.7 Å². The minimum absolute atomic E-state index is 0.0816. The maximum atomic E-state index is 13.1. The number of rotatable bonds is 4. The Balaban J connectivity index is 1.72. The Hall–Kier alpha value is -2.80. The molecule has 1 aliphatic rings. The molecule has 4 rings (SSSR count). The summed E-state index contributed by atoms with van der Waals surface area (Å²) >= 11 is 1.44. The molecular weight excluding hydrogens is 396 g/mol. The zero-order valence-electron chi connectivity index (χ0n) is 18.0. The number of benzene rings is 1. The fourth-order valence-corrected chi connectivity index (χ4v) is 4.77. The van der Waals surface area contributed by atoms with Crippen molar-refractivity contribution in [3.8, 4) is 10.6 Å². The van der Waals surface area contributed by atoms with Crippen LogP contribution >= 0.6 is 11.3 Å². The monoisotopic (exact) mass is 422 g/mol. The number of aryl methyl sites for hydroxylation is 1. The molecule has 7 heteroatoms. The van der Waals surface area contributed by atoms with E-state index in [-0.39, 0.29) is 23.4 Å². The van der Waals surface area contributed by atoms with Crippen molar-refractivity contribution in [3.63, 3.8) is 0 Å². The number of pyridine rings is 1. The number of hydrogen-bond donors (Lipinski definition) is 0. The predicted octanol–water partition coefficient (Wildman–Crippen LogP) is 4.00. The predicted molar refractivity (Wildman–Crippen MR) is 119 cm³/mol. The van der Waals surface area contributed by atoms with Crippen LogP contribution < -0.4 is 5.43 Å². The number of nitrogens with zero attached hydrogens (tertiary/aromatic N) is 4. The highest BCUT2D eigenvalue weighted by Gasteiger charge is 2.33. The molecule has 0 N–H and O–H groups in total. The summed E-state index contributed by atoms with van der Waals surface area (Å²) in [4.78, 5) is 28.0. The summed E-state index contributed by atoms with van der Waals surface area (Å²) in [7, 11) is 0. The lowest BCUT2D eigenvalue weighted by Gasteiger charge is -2.37. The first-order valence-electron chi connectivity index (χ1n) is 10.2. The topological polar surface area (TPSA) is 68.1 Å². The molecule has 3 heterocycles. The normalized spacial score (nSPS) is 16.3. The zero-order chi connectivity index (χ0) is 21.6. The Bertz CT molecular complexity index is 1160. The second kappa shape index (κ2) is 7.80. The van der Waals surface area contributed by atoms with E-state index in [0.717, 1.165) is 10.6 Å². The third-order valence-electron chi connectivity index (χ3n) is 5.66. The van der Waals surface area contributed by atoms with Gasteiger partial charge in [0.15, 0.2) is 10.4 Å². The molecule has 1 aliphatic heterocycles. The smallest absolute Gasteiger partial charge is 0.271 e. The van der Waals surface area contributed by atoms with Crippen LogP contribution in [-0.2, 0) is 6.42 Å². The molecule has 0 aliphatic carbocycles. The Morgan fingerprint density at radius 3 is 2.50 bits per heavy atom. The van der Waals surface area contributed by atoms with Crippen LogP contribution in [-0.4, -0.2) is 38.2 Å². The van der Waals surface area contributed by atoms with Crippen LogP contribution in [0.5, 0.6) is 0 Å². The molecule has 0 spiro atoms. The van der Waals surface area contributed by atoms with E-state index in [1.54, 1.807) is 13.1 Å². The van der Waals surface area contributed by atoms with Gasteiger partial charge in [0.05, 0.1) is 5.56 Å². The van der Waals surface area contributed by atoms with Gasteiger partial charge in [-0.15, -0.1) is 10.2 Å². The lowest BCUT2D eigenvalue weighted by atomic mass is 10.0. The lowest BCUT2D eigenvalue weighted by Crippen LogP contribution is -2.47. The van der Waals surface area contributed by atoms with Crippen molar-refractivity contribution in [2.45, 2.75) is 53.1 Å². The van der Waals surface area contributed by atoms with Gasteiger partial charge in [-0.25, -0.2) is 0 Å². The van der Waals surface area contributed by atoms with Gasteiger partial charge in [-0.2, -0.15) is 0 Å². The summed E-state index contributed by atoms with van der Waals surface area (Å²) in [5, 5.41) is 10.1. The third-order valence-corrected chi connectivity index (χ3v) is 6.62. The number of carbonyl (C=O) groups excluding carboxylic acids is 1. The molecule has 1 unspecified atom stereocenters. The second-order valence-corrected chi connectivity index (χ2v) is 9.38. The van der Waals surface area contributed by atoms with Crippen LogP contribution in [0.3, 0.4) is 0 Å². The highest BCUT2D eigenvalue weighted by Crippen LogP contribution is 2.29. The van der Waals surface area contributed by atoms with Crippen LogP contribution in [0.15, 0.2) is 35.3 Å². The molecule has 1 atom stereocenters. The Morgan fingerprint density at radius 2 is 1.83 bits per heavy atom. The van der Waals surface area contributed by atoms with Gasteiger partial charge in [0.25, 0.3) is 5.91 Å². The van der Waals surface area contributed by atoms with Crippen molar-refractivity contribution >= 4 is 17.2 Å².